The highest BCUT2D eigenvalue weighted by Crippen LogP contribution is 2.18. The van der Waals surface area contributed by atoms with E-state index in [1.54, 1.807) is 4.57 Å². The van der Waals surface area contributed by atoms with Gasteiger partial charge in [-0.25, -0.2) is 0 Å². The van der Waals surface area contributed by atoms with E-state index >= 15 is 0 Å². The summed E-state index contributed by atoms with van der Waals surface area (Å²) in [7, 11) is 0. The molecule has 6 heteroatoms. The van der Waals surface area contributed by atoms with E-state index in [1.807, 2.05) is 31.2 Å². The molecule has 2 aromatic rings. The first-order chi connectivity index (χ1) is 10.9. The van der Waals surface area contributed by atoms with Gasteiger partial charge in [-0.15, -0.1) is 0 Å². The molecule has 1 amide bonds. The van der Waals surface area contributed by atoms with E-state index in [0.717, 1.165) is 12.0 Å². The molecule has 0 saturated heterocycles. The maximum atomic E-state index is 12.4. The van der Waals surface area contributed by atoms with Crippen LogP contribution in [-0.2, 0) is 11.3 Å². The zero-order valence-corrected chi connectivity index (χ0v) is 14.9. The largest absolute Gasteiger partial charge is 0.352 e. The molecule has 1 aromatic heterocycles. The number of nitrogens with one attached hydrogen (secondary N) is 2. The standard InChI is InChI=1S/C17H24N4OS/c1-5-14(11(2)3)18-15(22)10-21-16(19-20-17(21)23)13-8-6-12(4)7-9-13/h6-9,11,14H,5,10H2,1-4H3,(H,18,22)(H,20,23). The van der Waals surface area contributed by atoms with Crippen LogP contribution in [0.3, 0.4) is 0 Å². The molecule has 0 aliphatic heterocycles. The van der Waals surface area contributed by atoms with Crippen molar-refractivity contribution < 1.29 is 4.79 Å². The Bertz CT molecular complexity index is 715. The quantitative estimate of drug-likeness (QED) is 0.796. The highest BCUT2D eigenvalue weighted by Gasteiger charge is 2.16. The number of amides is 1. The van der Waals surface area contributed by atoms with Crippen LogP contribution in [-0.4, -0.2) is 26.7 Å². The number of carbonyl (C=O) groups is 1. The molecule has 1 heterocycles. The molecular formula is C17H24N4OS. The number of rotatable bonds is 6. The molecule has 0 spiro atoms. The molecule has 0 aliphatic carbocycles. The predicted molar refractivity (Wildman–Crippen MR) is 94.6 cm³/mol. The smallest absolute Gasteiger partial charge is 0.240 e. The minimum absolute atomic E-state index is 0.0450. The van der Waals surface area contributed by atoms with Gasteiger partial charge in [0.15, 0.2) is 10.6 Å². The van der Waals surface area contributed by atoms with Crippen molar-refractivity contribution in [2.75, 3.05) is 0 Å². The molecule has 2 N–H and O–H groups in total. The zero-order chi connectivity index (χ0) is 17.0. The summed E-state index contributed by atoms with van der Waals surface area (Å²) < 4.78 is 2.19. The summed E-state index contributed by atoms with van der Waals surface area (Å²) in [6, 6.07) is 8.17. The van der Waals surface area contributed by atoms with Gasteiger partial charge in [-0.3, -0.25) is 14.5 Å². The van der Waals surface area contributed by atoms with Crippen LogP contribution in [0.4, 0.5) is 0 Å². The number of carbonyl (C=O) groups excluding carboxylic acids is 1. The second-order valence-corrected chi connectivity index (χ2v) is 6.52. The second kappa shape index (κ2) is 7.55. The van der Waals surface area contributed by atoms with Crippen LogP contribution in [0.1, 0.15) is 32.8 Å². The fourth-order valence-electron chi connectivity index (χ4n) is 2.52. The minimum atomic E-state index is -0.0450. The lowest BCUT2D eigenvalue weighted by Crippen LogP contribution is -2.39. The Morgan fingerprint density at radius 1 is 1.35 bits per heavy atom. The molecule has 0 fully saturated rings. The van der Waals surface area contributed by atoms with Crippen LogP contribution in [0, 0.1) is 17.6 Å². The van der Waals surface area contributed by atoms with E-state index in [9.17, 15) is 4.79 Å². The molecule has 1 aromatic carbocycles. The summed E-state index contributed by atoms with van der Waals surface area (Å²) in [5.41, 5.74) is 2.11. The third-order valence-corrected chi connectivity index (χ3v) is 4.27. The van der Waals surface area contributed by atoms with Crippen LogP contribution < -0.4 is 5.32 Å². The maximum Gasteiger partial charge on any atom is 0.240 e. The second-order valence-electron chi connectivity index (χ2n) is 6.13. The van der Waals surface area contributed by atoms with Gasteiger partial charge in [0, 0.05) is 11.6 Å². The summed E-state index contributed by atoms with van der Waals surface area (Å²) in [4.78, 5) is 12.4. The lowest BCUT2D eigenvalue weighted by Gasteiger charge is -2.21. The highest BCUT2D eigenvalue weighted by molar-refractivity contribution is 7.71. The molecule has 2 rings (SSSR count). The topological polar surface area (TPSA) is 62.7 Å². The average Bonchev–Trinajstić information content (AvgIpc) is 2.86. The van der Waals surface area contributed by atoms with Crippen LogP contribution in [0.25, 0.3) is 11.4 Å². The van der Waals surface area contributed by atoms with E-state index in [1.165, 1.54) is 5.56 Å². The van der Waals surface area contributed by atoms with E-state index in [4.69, 9.17) is 12.2 Å². The number of H-pyrrole nitrogens is 1. The first-order valence-corrected chi connectivity index (χ1v) is 8.34. The molecule has 0 saturated carbocycles. The van der Waals surface area contributed by atoms with Crippen molar-refractivity contribution in [2.45, 2.75) is 46.7 Å². The number of hydrogen-bond acceptors (Lipinski definition) is 3. The van der Waals surface area contributed by atoms with Gasteiger partial charge in [0.25, 0.3) is 0 Å². The lowest BCUT2D eigenvalue weighted by molar-refractivity contribution is -0.122. The third-order valence-electron chi connectivity index (χ3n) is 3.96. The minimum Gasteiger partial charge on any atom is -0.352 e. The zero-order valence-electron chi connectivity index (χ0n) is 14.1. The van der Waals surface area contributed by atoms with Crippen LogP contribution in [0.5, 0.6) is 0 Å². The summed E-state index contributed by atoms with van der Waals surface area (Å²) >= 11 is 5.28. The Morgan fingerprint density at radius 2 is 2.00 bits per heavy atom. The van der Waals surface area contributed by atoms with Crippen molar-refractivity contribution in [2.24, 2.45) is 5.92 Å². The summed E-state index contributed by atoms with van der Waals surface area (Å²) in [5, 5.41) is 10.1. The summed E-state index contributed by atoms with van der Waals surface area (Å²) in [6.45, 7) is 8.49. The van der Waals surface area contributed by atoms with Gasteiger partial charge in [0.2, 0.25) is 5.91 Å². The highest BCUT2D eigenvalue weighted by atomic mass is 32.1. The Labute approximate surface area is 142 Å². The first kappa shape index (κ1) is 17.4. The number of hydrogen-bond donors (Lipinski definition) is 2. The fourth-order valence-corrected chi connectivity index (χ4v) is 2.72. The van der Waals surface area contributed by atoms with Crippen molar-refractivity contribution >= 4 is 18.1 Å². The normalized spacial score (nSPS) is 12.4. The van der Waals surface area contributed by atoms with Crippen molar-refractivity contribution in [3.8, 4) is 11.4 Å². The van der Waals surface area contributed by atoms with Crippen molar-refractivity contribution in [1.29, 1.82) is 0 Å². The number of aromatic nitrogens is 3. The van der Waals surface area contributed by atoms with Gasteiger partial charge in [-0.1, -0.05) is 50.6 Å². The van der Waals surface area contributed by atoms with Crippen molar-refractivity contribution in [3.05, 3.63) is 34.6 Å². The van der Waals surface area contributed by atoms with Gasteiger partial charge in [-0.05, 0) is 31.5 Å². The summed E-state index contributed by atoms with van der Waals surface area (Å²) in [5.74, 6) is 1.04. The molecule has 1 atom stereocenters. The first-order valence-electron chi connectivity index (χ1n) is 7.94. The lowest BCUT2D eigenvalue weighted by atomic mass is 10.0. The van der Waals surface area contributed by atoms with E-state index in [0.29, 0.717) is 16.5 Å². The van der Waals surface area contributed by atoms with Crippen LogP contribution >= 0.6 is 12.2 Å². The maximum absolute atomic E-state index is 12.4. The van der Waals surface area contributed by atoms with Gasteiger partial charge in [-0.2, -0.15) is 5.10 Å². The number of aryl methyl sites for hydroxylation is 1. The number of aromatic amines is 1. The SMILES string of the molecule is CCC(NC(=O)Cn1c(-c2ccc(C)cc2)n[nH]c1=S)C(C)C. The molecule has 0 radical (unpaired) electrons. The molecule has 5 nitrogen and oxygen atoms in total. The predicted octanol–water partition coefficient (Wildman–Crippen LogP) is 3.47. The van der Waals surface area contributed by atoms with Gasteiger partial charge in [0.05, 0.1) is 0 Å². The molecule has 1 unspecified atom stereocenters. The molecule has 0 aliphatic rings. The van der Waals surface area contributed by atoms with Crippen LogP contribution in [0.2, 0.25) is 0 Å². The van der Waals surface area contributed by atoms with Gasteiger partial charge < -0.3 is 5.32 Å². The molecular weight excluding hydrogens is 308 g/mol. The number of nitrogens with zero attached hydrogens (tertiary/aromatic N) is 2. The van der Waals surface area contributed by atoms with E-state index in [2.05, 4.69) is 36.3 Å². The fraction of sp³-hybridized carbons (Fsp3) is 0.471. The number of benzene rings is 1. The monoisotopic (exact) mass is 332 g/mol. The molecule has 0 bridgehead atoms. The Balaban J connectivity index is 2.20. The Kier molecular flexibility index (Phi) is 5.71. The third kappa shape index (κ3) is 4.28. The average molecular weight is 332 g/mol. The Morgan fingerprint density at radius 3 is 2.57 bits per heavy atom. The van der Waals surface area contributed by atoms with Gasteiger partial charge >= 0.3 is 0 Å². The molecule has 23 heavy (non-hydrogen) atoms. The van der Waals surface area contributed by atoms with Crippen molar-refractivity contribution in [1.82, 2.24) is 20.1 Å². The Hall–Kier alpha value is -1.95. The van der Waals surface area contributed by atoms with E-state index in [-0.39, 0.29) is 18.5 Å². The molecule has 124 valence electrons. The van der Waals surface area contributed by atoms with Crippen LogP contribution in [0.15, 0.2) is 24.3 Å². The van der Waals surface area contributed by atoms with Crippen molar-refractivity contribution in [3.63, 3.8) is 0 Å². The van der Waals surface area contributed by atoms with E-state index < -0.39 is 0 Å². The van der Waals surface area contributed by atoms with Gasteiger partial charge in [0.1, 0.15) is 6.54 Å². The summed E-state index contributed by atoms with van der Waals surface area (Å²) in [6.07, 6.45) is 0.908.